The maximum atomic E-state index is 5.93. The monoisotopic (exact) mass is 293 g/mol. The Bertz CT molecular complexity index is 579. The molecule has 1 aliphatic rings. The van der Waals surface area contributed by atoms with E-state index in [1.54, 1.807) is 0 Å². The van der Waals surface area contributed by atoms with Crippen LogP contribution in [0.2, 0.25) is 5.28 Å². The fraction of sp³-hybridized carbons (Fsp3) is 0.583. The lowest BCUT2D eigenvalue weighted by Gasteiger charge is -2.14. The van der Waals surface area contributed by atoms with Gasteiger partial charge in [-0.25, -0.2) is 4.98 Å². The summed E-state index contributed by atoms with van der Waals surface area (Å²) in [6.07, 6.45) is 7.91. The minimum absolute atomic E-state index is 0.147. The first-order valence-corrected chi connectivity index (χ1v) is 7.09. The van der Waals surface area contributed by atoms with E-state index in [0.717, 1.165) is 6.54 Å². The largest absolute Gasteiger partial charge is 0.353 e. The van der Waals surface area contributed by atoms with Crippen molar-refractivity contribution in [3.05, 3.63) is 17.9 Å². The molecule has 1 aliphatic carbocycles. The van der Waals surface area contributed by atoms with Crippen LogP contribution in [0.3, 0.4) is 0 Å². The number of hydrogen-bond donors (Lipinski definition) is 1. The molecule has 0 atom stereocenters. The van der Waals surface area contributed by atoms with E-state index in [-0.39, 0.29) is 5.28 Å². The molecule has 1 saturated carbocycles. The van der Waals surface area contributed by atoms with E-state index >= 15 is 0 Å². The van der Waals surface area contributed by atoms with Gasteiger partial charge >= 0.3 is 0 Å². The smallest absolute Gasteiger partial charge is 0.258 e. The molecule has 2 heterocycles. The Kier molecular flexibility index (Phi) is 3.52. The Morgan fingerprint density at radius 1 is 1.35 bits per heavy atom. The van der Waals surface area contributed by atoms with Crippen LogP contribution >= 0.6 is 11.6 Å². The van der Waals surface area contributed by atoms with Crippen LogP contribution < -0.4 is 5.32 Å². The van der Waals surface area contributed by atoms with Crippen molar-refractivity contribution in [2.45, 2.75) is 32.6 Å². The third-order valence-electron chi connectivity index (χ3n) is 3.58. The fourth-order valence-electron chi connectivity index (χ4n) is 2.32. The van der Waals surface area contributed by atoms with Crippen LogP contribution in [0.25, 0.3) is 5.95 Å². The van der Waals surface area contributed by atoms with Gasteiger partial charge < -0.3 is 5.32 Å². The third-order valence-corrected chi connectivity index (χ3v) is 3.75. The third kappa shape index (κ3) is 2.87. The summed E-state index contributed by atoms with van der Waals surface area (Å²) in [5.74, 6) is 0.850. The Balaban J connectivity index is 1.74. The summed E-state index contributed by atoms with van der Waals surface area (Å²) in [5.41, 5.74) is 0.418. The standard InChI is InChI=1S/C12H16ClN7/c1-2-3-12(4-5-12)6-15-10-17-9(13)18-11(19-10)20-8-14-7-16-20/h7-8H,2-6H2,1H3,(H,15,17,18,19). The summed E-state index contributed by atoms with van der Waals surface area (Å²) >= 11 is 5.93. The molecule has 7 nitrogen and oxygen atoms in total. The summed E-state index contributed by atoms with van der Waals surface area (Å²) in [7, 11) is 0. The van der Waals surface area contributed by atoms with Gasteiger partial charge in [0.15, 0.2) is 0 Å². The molecule has 0 amide bonds. The Hall–Kier alpha value is -1.76. The van der Waals surface area contributed by atoms with Gasteiger partial charge in [-0.05, 0) is 36.3 Å². The van der Waals surface area contributed by atoms with E-state index in [1.165, 1.54) is 43.0 Å². The normalized spacial score (nSPS) is 16.1. The van der Waals surface area contributed by atoms with Crippen molar-refractivity contribution in [3.8, 4) is 5.95 Å². The van der Waals surface area contributed by atoms with Gasteiger partial charge in [-0.15, -0.1) is 0 Å². The number of aromatic nitrogens is 6. The van der Waals surface area contributed by atoms with Gasteiger partial charge in [0.2, 0.25) is 11.2 Å². The quantitative estimate of drug-likeness (QED) is 0.878. The number of rotatable bonds is 6. The van der Waals surface area contributed by atoms with Crippen molar-refractivity contribution < 1.29 is 0 Å². The second-order valence-electron chi connectivity index (χ2n) is 5.17. The Morgan fingerprint density at radius 3 is 2.85 bits per heavy atom. The van der Waals surface area contributed by atoms with Crippen LogP contribution in [0.1, 0.15) is 32.6 Å². The maximum Gasteiger partial charge on any atom is 0.258 e. The predicted octanol–water partition coefficient (Wildman–Crippen LogP) is 2.10. The highest BCUT2D eigenvalue weighted by molar-refractivity contribution is 6.28. The van der Waals surface area contributed by atoms with Crippen LogP contribution in [-0.4, -0.2) is 36.3 Å². The first-order chi connectivity index (χ1) is 9.71. The maximum absolute atomic E-state index is 5.93. The van der Waals surface area contributed by atoms with Gasteiger partial charge in [0.1, 0.15) is 12.7 Å². The summed E-state index contributed by atoms with van der Waals surface area (Å²) in [4.78, 5) is 16.3. The van der Waals surface area contributed by atoms with Crippen molar-refractivity contribution >= 4 is 17.5 Å². The minimum atomic E-state index is 0.147. The topological polar surface area (TPSA) is 81.4 Å². The van der Waals surface area contributed by atoms with Crippen molar-refractivity contribution in [2.24, 2.45) is 5.41 Å². The second-order valence-corrected chi connectivity index (χ2v) is 5.51. The number of hydrogen-bond acceptors (Lipinski definition) is 6. The SMILES string of the molecule is CCCC1(CNc2nc(Cl)nc(-n3cncn3)n2)CC1. The molecule has 20 heavy (non-hydrogen) atoms. The van der Waals surface area contributed by atoms with Crippen LogP contribution in [0, 0.1) is 5.41 Å². The first kappa shape index (κ1) is 13.2. The van der Waals surface area contributed by atoms with E-state index in [9.17, 15) is 0 Å². The van der Waals surface area contributed by atoms with Crippen molar-refractivity contribution in [3.63, 3.8) is 0 Å². The average Bonchev–Trinajstić information content (AvgIpc) is 2.99. The minimum Gasteiger partial charge on any atom is -0.353 e. The molecule has 0 bridgehead atoms. The summed E-state index contributed by atoms with van der Waals surface area (Å²) in [6.45, 7) is 3.08. The Morgan fingerprint density at radius 2 is 2.20 bits per heavy atom. The summed E-state index contributed by atoms with van der Waals surface area (Å²) < 4.78 is 1.46. The van der Waals surface area contributed by atoms with Crippen LogP contribution in [0.15, 0.2) is 12.7 Å². The summed E-state index contributed by atoms with van der Waals surface area (Å²) in [6, 6.07) is 0. The van der Waals surface area contributed by atoms with E-state index < -0.39 is 0 Å². The van der Waals surface area contributed by atoms with E-state index in [1.807, 2.05) is 0 Å². The lowest BCUT2D eigenvalue weighted by Crippen LogP contribution is -2.18. The molecular weight excluding hydrogens is 278 g/mol. The zero-order chi connectivity index (χ0) is 14.0. The van der Waals surface area contributed by atoms with E-state index in [0.29, 0.717) is 17.3 Å². The molecule has 8 heteroatoms. The molecule has 106 valence electrons. The molecule has 0 aromatic carbocycles. The number of nitrogens with one attached hydrogen (secondary N) is 1. The molecule has 3 rings (SSSR count). The molecule has 0 radical (unpaired) electrons. The van der Waals surface area contributed by atoms with Crippen molar-refractivity contribution in [1.82, 2.24) is 29.7 Å². The second kappa shape index (κ2) is 5.32. The van der Waals surface area contributed by atoms with Gasteiger partial charge in [0.05, 0.1) is 0 Å². The lowest BCUT2D eigenvalue weighted by molar-refractivity contribution is 0.484. The van der Waals surface area contributed by atoms with Gasteiger partial charge in [0, 0.05) is 6.54 Å². The van der Waals surface area contributed by atoms with Crippen molar-refractivity contribution in [2.75, 3.05) is 11.9 Å². The molecule has 0 spiro atoms. The van der Waals surface area contributed by atoms with Crippen LogP contribution in [-0.2, 0) is 0 Å². The summed E-state index contributed by atoms with van der Waals surface area (Å²) in [5, 5.41) is 7.40. The first-order valence-electron chi connectivity index (χ1n) is 6.71. The van der Waals surface area contributed by atoms with Gasteiger partial charge in [-0.3, -0.25) is 0 Å². The number of nitrogens with zero attached hydrogens (tertiary/aromatic N) is 6. The molecule has 1 N–H and O–H groups in total. The van der Waals surface area contributed by atoms with Gasteiger partial charge in [-0.1, -0.05) is 13.3 Å². The van der Waals surface area contributed by atoms with Crippen molar-refractivity contribution in [1.29, 1.82) is 0 Å². The van der Waals surface area contributed by atoms with Gasteiger partial charge in [0.25, 0.3) is 5.95 Å². The Labute approximate surface area is 121 Å². The molecule has 0 saturated heterocycles. The molecule has 2 aromatic heterocycles. The highest BCUT2D eigenvalue weighted by atomic mass is 35.5. The average molecular weight is 294 g/mol. The van der Waals surface area contributed by atoms with Gasteiger partial charge in [-0.2, -0.15) is 24.7 Å². The molecule has 0 aliphatic heterocycles. The predicted molar refractivity (Wildman–Crippen MR) is 74.8 cm³/mol. The van der Waals surface area contributed by atoms with E-state index in [2.05, 4.69) is 37.3 Å². The van der Waals surface area contributed by atoms with Crippen LogP contribution in [0.5, 0.6) is 0 Å². The highest BCUT2D eigenvalue weighted by Crippen LogP contribution is 2.49. The fourth-order valence-corrected chi connectivity index (χ4v) is 2.48. The zero-order valence-corrected chi connectivity index (χ0v) is 12.0. The molecule has 1 fully saturated rings. The van der Waals surface area contributed by atoms with Crippen LogP contribution in [0.4, 0.5) is 5.95 Å². The number of halogens is 1. The highest BCUT2D eigenvalue weighted by Gasteiger charge is 2.41. The van der Waals surface area contributed by atoms with E-state index in [4.69, 9.17) is 11.6 Å². The zero-order valence-electron chi connectivity index (χ0n) is 11.3. The molecule has 0 unspecified atom stereocenters. The molecular formula is C12H16ClN7. The molecule has 2 aromatic rings. The lowest BCUT2D eigenvalue weighted by atomic mass is 10.0. The number of anilines is 1.